The van der Waals surface area contributed by atoms with Gasteiger partial charge in [0, 0.05) is 25.2 Å². The van der Waals surface area contributed by atoms with Crippen LogP contribution >= 0.6 is 0 Å². The normalized spacial score (nSPS) is 35.4. The van der Waals surface area contributed by atoms with Crippen LogP contribution in [0.15, 0.2) is 0 Å². The highest BCUT2D eigenvalue weighted by Gasteiger charge is 2.42. The molecular weight excluding hydrogens is 248 g/mol. The molecule has 0 aliphatic heterocycles. The van der Waals surface area contributed by atoms with Gasteiger partial charge in [-0.05, 0) is 63.8 Å². The van der Waals surface area contributed by atoms with Crippen molar-refractivity contribution in [2.45, 2.75) is 82.9 Å². The van der Waals surface area contributed by atoms with Gasteiger partial charge in [-0.1, -0.05) is 13.8 Å². The van der Waals surface area contributed by atoms with Gasteiger partial charge in [0.2, 0.25) is 0 Å². The van der Waals surface area contributed by atoms with E-state index in [9.17, 15) is 0 Å². The van der Waals surface area contributed by atoms with Crippen LogP contribution in [0.1, 0.15) is 65.2 Å². The highest BCUT2D eigenvalue weighted by Crippen LogP contribution is 2.41. The number of nitrogens with zero attached hydrogens (tertiary/aromatic N) is 1. The molecule has 2 atom stereocenters. The zero-order chi connectivity index (χ0) is 14.8. The Labute approximate surface area is 125 Å². The molecule has 0 bridgehead atoms. The standard InChI is InChI=1S/C17H34N2O/c1-16(2)10-7-14(8-11-16)19(3)17(13-18)9-5-6-15(12-17)20-4/h14-15H,5-13,18H2,1-4H3. The first-order chi connectivity index (χ1) is 9.42. The Hall–Kier alpha value is -0.120. The Balaban J connectivity index is 2.03. The maximum atomic E-state index is 6.22. The molecule has 2 unspecified atom stereocenters. The molecule has 0 spiro atoms. The molecule has 2 rings (SSSR count). The number of ether oxygens (including phenoxy) is 1. The monoisotopic (exact) mass is 282 g/mol. The molecule has 0 saturated heterocycles. The lowest BCUT2D eigenvalue weighted by Crippen LogP contribution is -2.59. The van der Waals surface area contributed by atoms with Crippen molar-refractivity contribution in [3.8, 4) is 0 Å². The number of nitrogens with two attached hydrogens (primary N) is 1. The molecule has 3 nitrogen and oxygen atoms in total. The van der Waals surface area contributed by atoms with Gasteiger partial charge in [-0.15, -0.1) is 0 Å². The zero-order valence-corrected chi connectivity index (χ0v) is 14.0. The Bertz CT molecular complexity index is 308. The van der Waals surface area contributed by atoms with Gasteiger partial charge in [0.1, 0.15) is 0 Å². The van der Waals surface area contributed by atoms with E-state index < -0.39 is 0 Å². The van der Waals surface area contributed by atoms with E-state index in [1.165, 1.54) is 44.9 Å². The number of hydrogen-bond acceptors (Lipinski definition) is 3. The van der Waals surface area contributed by atoms with Gasteiger partial charge in [-0.25, -0.2) is 0 Å². The summed E-state index contributed by atoms with van der Waals surface area (Å²) in [6.45, 7) is 5.58. The molecule has 0 amide bonds. The van der Waals surface area contributed by atoms with E-state index in [4.69, 9.17) is 10.5 Å². The van der Waals surface area contributed by atoms with Crippen molar-refractivity contribution in [2.75, 3.05) is 20.7 Å². The minimum atomic E-state index is 0.172. The highest BCUT2D eigenvalue weighted by atomic mass is 16.5. The Morgan fingerprint density at radius 1 is 1.15 bits per heavy atom. The summed E-state index contributed by atoms with van der Waals surface area (Å²) in [7, 11) is 4.16. The summed E-state index contributed by atoms with van der Waals surface area (Å²) < 4.78 is 5.64. The summed E-state index contributed by atoms with van der Waals surface area (Å²) in [5, 5.41) is 0. The zero-order valence-electron chi connectivity index (χ0n) is 14.0. The first kappa shape index (κ1) is 16.3. The highest BCUT2D eigenvalue weighted by molar-refractivity contribution is 4.99. The topological polar surface area (TPSA) is 38.5 Å². The van der Waals surface area contributed by atoms with E-state index in [0.717, 1.165) is 13.0 Å². The molecule has 0 aromatic carbocycles. The summed E-state index contributed by atoms with van der Waals surface area (Å²) in [6.07, 6.45) is 10.5. The Morgan fingerprint density at radius 2 is 1.80 bits per heavy atom. The van der Waals surface area contributed by atoms with Gasteiger partial charge >= 0.3 is 0 Å². The van der Waals surface area contributed by atoms with Crippen molar-refractivity contribution < 1.29 is 4.74 Å². The lowest BCUT2D eigenvalue weighted by molar-refractivity contribution is -0.0395. The Kier molecular flexibility index (Phi) is 5.14. The third kappa shape index (κ3) is 3.37. The number of rotatable bonds is 4. The summed E-state index contributed by atoms with van der Waals surface area (Å²) in [4.78, 5) is 2.63. The quantitative estimate of drug-likeness (QED) is 0.860. The van der Waals surface area contributed by atoms with Gasteiger partial charge < -0.3 is 10.5 Å². The second kappa shape index (κ2) is 6.33. The van der Waals surface area contributed by atoms with Crippen LogP contribution in [0.25, 0.3) is 0 Å². The summed E-state index contributed by atoms with van der Waals surface area (Å²) >= 11 is 0. The maximum Gasteiger partial charge on any atom is 0.0589 e. The average Bonchev–Trinajstić information content (AvgIpc) is 2.46. The van der Waals surface area contributed by atoms with E-state index in [-0.39, 0.29) is 5.54 Å². The second-order valence-corrected chi connectivity index (χ2v) is 7.89. The first-order valence-corrected chi connectivity index (χ1v) is 8.38. The summed E-state index contributed by atoms with van der Waals surface area (Å²) in [5.74, 6) is 0. The summed E-state index contributed by atoms with van der Waals surface area (Å²) in [5.41, 5.74) is 6.93. The smallest absolute Gasteiger partial charge is 0.0589 e. The molecule has 0 aromatic heterocycles. The van der Waals surface area contributed by atoms with Crippen LogP contribution in [0.4, 0.5) is 0 Å². The third-order valence-electron chi connectivity index (χ3n) is 6.09. The SMILES string of the molecule is COC1CCCC(CN)(N(C)C2CCC(C)(C)CC2)C1. The number of methoxy groups -OCH3 is 1. The fourth-order valence-corrected chi connectivity index (χ4v) is 4.30. The summed E-state index contributed by atoms with van der Waals surface area (Å²) in [6, 6.07) is 0.710. The number of hydrogen-bond donors (Lipinski definition) is 1. The molecule has 0 heterocycles. The van der Waals surface area contributed by atoms with Crippen LogP contribution < -0.4 is 5.73 Å². The van der Waals surface area contributed by atoms with E-state index in [1.54, 1.807) is 0 Å². The minimum absolute atomic E-state index is 0.172. The molecule has 2 aliphatic rings. The van der Waals surface area contributed by atoms with Crippen molar-refractivity contribution in [1.82, 2.24) is 4.90 Å². The van der Waals surface area contributed by atoms with Gasteiger partial charge in [-0.3, -0.25) is 4.90 Å². The minimum Gasteiger partial charge on any atom is -0.381 e. The fraction of sp³-hybridized carbons (Fsp3) is 1.00. The molecule has 0 aromatic rings. The van der Waals surface area contributed by atoms with Crippen LogP contribution in [-0.2, 0) is 4.74 Å². The van der Waals surface area contributed by atoms with Crippen LogP contribution in [0.2, 0.25) is 0 Å². The first-order valence-electron chi connectivity index (χ1n) is 8.38. The molecule has 20 heavy (non-hydrogen) atoms. The molecule has 2 saturated carbocycles. The average molecular weight is 282 g/mol. The second-order valence-electron chi connectivity index (χ2n) is 7.89. The van der Waals surface area contributed by atoms with Crippen LogP contribution in [0, 0.1) is 5.41 Å². The lowest BCUT2D eigenvalue weighted by Gasteiger charge is -2.51. The molecule has 2 N–H and O–H groups in total. The molecule has 2 aliphatic carbocycles. The van der Waals surface area contributed by atoms with Gasteiger partial charge in [0.25, 0.3) is 0 Å². The van der Waals surface area contributed by atoms with Crippen LogP contribution in [0.3, 0.4) is 0 Å². The predicted molar refractivity (Wildman–Crippen MR) is 84.9 cm³/mol. The number of likely N-dealkylation sites (N-methyl/N-ethyl adjacent to an activating group) is 1. The molecule has 0 radical (unpaired) electrons. The van der Waals surface area contributed by atoms with Gasteiger partial charge in [-0.2, -0.15) is 0 Å². The largest absolute Gasteiger partial charge is 0.381 e. The Morgan fingerprint density at radius 3 is 2.35 bits per heavy atom. The molecule has 2 fully saturated rings. The van der Waals surface area contributed by atoms with Crippen LogP contribution in [-0.4, -0.2) is 43.3 Å². The maximum absolute atomic E-state index is 6.22. The fourth-order valence-electron chi connectivity index (χ4n) is 4.30. The van der Waals surface area contributed by atoms with Crippen molar-refractivity contribution >= 4 is 0 Å². The van der Waals surface area contributed by atoms with Crippen molar-refractivity contribution in [2.24, 2.45) is 11.1 Å². The van der Waals surface area contributed by atoms with E-state index in [1.807, 2.05) is 7.11 Å². The van der Waals surface area contributed by atoms with E-state index in [0.29, 0.717) is 17.6 Å². The van der Waals surface area contributed by atoms with Crippen molar-refractivity contribution in [1.29, 1.82) is 0 Å². The van der Waals surface area contributed by atoms with E-state index >= 15 is 0 Å². The van der Waals surface area contributed by atoms with Gasteiger partial charge in [0.15, 0.2) is 0 Å². The third-order valence-corrected chi connectivity index (χ3v) is 6.09. The van der Waals surface area contributed by atoms with E-state index in [2.05, 4.69) is 25.8 Å². The van der Waals surface area contributed by atoms with Gasteiger partial charge in [0.05, 0.1) is 6.10 Å². The lowest BCUT2D eigenvalue weighted by atomic mass is 9.72. The van der Waals surface area contributed by atoms with Crippen molar-refractivity contribution in [3.63, 3.8) is 0 Å². The molecule has 118 valence electrons. The molecular formula is C17H34N2O. The van der Waals surface area contributed by atoms with Crippen molar-refractivity contribution in [3.05, 3.63) is 0 Å². The molecule has 3 heteroatoms. The predicted octanol–water partition coefficient (Wildman–Crippen LogP) is 3.17. The van der Waals surface area contributed by atoms with Crippen LogP contribution in [0.5, 0.6) is 0 Å².